The van der Waals surface area contributed by atoms with Gasteiger partial charge in [-0.05, 0) is 30.9 Å². The molecule has 1 aliphatic heterocycles. The Labute approximate surface area is 111 Å². The van der Waals surface area contributed by atoms with Crippen molar-refractivity contribution in [2.75, 3.05) is 18.4 Å². The smallest absolute Gasteiger partial charge is 0.322 e. The number of hydrogen-bond acceptors (Lipinski definition) is 2. The molecule has 18 heavy (non-hydrogen) atoms. The van der Waals surface area contributed by atoms with Crippen molar-refractivity contribution in [2.24, 2.45) is 5.92 Å². The maximum atomic E-state index is 11.9. The third kappa shape index (κ3) is 2.06. The normalized spacial score (nSPS) is 21.3. The minimum absolute atomic E-state index is 0.201. The fraction of sp³-hybridized carbons (Fsp3) is 0.462. The zero-order valence-corrected chi connectivity index (χ0v) is 10.7. The van der Waals surface area contributed by atoms with Crippen LogP contribution in [0.5, 0.6) is 0 Å². The molecule has 2 aliphatic rings. The zero-order chi connectivity index (χ0) is 12.8. The Kier molecular flexibility index (Phi) is 2.72. The van der Waals surface area contributed by atoms with Crippen LogP contribution in [-0.2, 0) is 0 Å². The number of halogens is 1. The number of rotatable bonds is 2. The van der Waals surface area contributed by atoms with Gasteiger partial charge in [-0.2, -0.15) is 0 Å². The van der Waals surface area contributed by atoms with Gasteiger partial charge in [0.05, 0.1) is 23.8 Å². The van der Waals surface area contributed by atoms with Gasteiger partial charge in [0.1, 0.15) is 5.60 Å². The van der Waals surface area contributed by atoms with Gasteiger partial charge in [0.2, 0.25) is 0 Å². The minimum atomic E-state index is -0.641. The van der Waals surface area contributed by atoms with E-state index in [1.807, 2.05) is 12.1 Å². The van der Waals surface area contributed by atoms with E-state index in [4.69, 9.17) is 11.6 Å². The maximum absolute atomic E-state index is 11.9. The van der Waals surface area contributed by atoms with E-state index in [2.05, 4.69) is 5.32 Å². The highest BCUT2D eigenvalue weighted by atomic mass is 35.5. The Balaban J connectivity index is 1.59. The third-order valence-corrected chi connectivity index (χ3v) is 4.00. The second-order valence-electron chi connectivity index (χ2n) is 5.14. The lowest BCUT2D eigenvalue weighted by atomic mass is 9.89. The average Bonchev–Trinajstić information content (AvgIpc) is 3.12. The number of nitrogens with zero attached hydrogens (tertiary/aromatic N) is 1. The molecule has 1 aromatic carbocycles. The zero-order valence-electron chi connectivity index (χ0n) is 9.90. The summed E-state index contributed by atoms with van der Waals surface area (Å²) in [6.45, 7) is 0.849. The number of amides is 2. The fourth-order valence-electron chi connectivity index (χ4n) is 2.39. The number of urea groups is 1. The van der Waals surface area contributed by atoms with E-state index in [9.17, 15) is 9.90 Å². The minimum Gasteiger partial charge on any atom is -0.386 e. The lowest BCUT2D eigenvalue weighted by molar-refractivity contribution is -0.0897. The third-order valence-electron chi connectivity index (χ3n) is 3.67. The molecule has 2 amide bonds. The summed E-state index contributed by atoms with van der Waals surface area (Å²) in [6, 6.07) is 6.92. The molecule has 1 aliphatic carbocycles. The Morgan fingerprint density at radius 1 is 1.39 bits per heavy atom. The second kappa shape index (κ2) is 4.14. The predicted octanol–water partition coefficient (Wildman–Crippen LogP) is 2.33. The van der Waals surface area contributed by atoms with Crippen molar-refractivity contribution < 1.29 is 9.90 Å². The number of para-hydroxylation sites is 1. The summed E-state index contributed by atoms with van der Waals surface area (Å²) >= 11 is 5.97. The predicted molar refractivity (Wildman–Crippen MR) is 69.7 cm³/mol. The quantitative estimate of drug-likeness (QED) is 0.863. The van der Waals surface area contributed by atoms with Gasteiger partial charge in [0, 0.05) is 0 Å². The van der Waals surface area contributed by atoms with Crippen molar-refractivity contribution in [1.29, 1.82) is 0 Å². The van der Waals surface area contributed by atoms with Crippen LogP contribution in [-0.4, -0.2) is 34.7 Å². The first-order valence-electron chi connectivity index (χ1n) is 6.11. The van der Waals surface area contributed by atoms with Crippen LogP contribution in [0.3, 0.4) is 0 Å². The van der Waals surface area contributed by atoms with Gasteiger partial charge in [-0.15, -0.1) is 0 Å². The standard InChI is InChI=1S/C13H15ClN2O2/c14-10-3-1-2-4-11(10)15-12(17)16-7-13(18,8-16)9-5-6-9/h1-4,9,18H,5-8H2,(H,15,17). The molecule has 2 fully saturated rings. The molecule has 2 N–H and O–H groups in total. The fourth-order valence-corrected chi connectivity index (χ4v) is 2.58. The molecule has 0 bridgehead atoms. The van der Waals surface area contributed by atoms with Crippen molar-refractivity contribution in [1.82, 2.24) is 4.90 Å². The van der Waals surface area contributed by atoms with Crippen molar-refractivity contribution in [3.8, 4) is 0 Å². The molecule has 3 rings (SSSR count). The number of benzene rings is 1. The first-order valence-corrected chi connectivity index (χ1v) is 6.49. The highest BCUT2D eigenvalue weighted by Gasteiger charge is 2.53. The van der Waals surface area contributed by atoms with Crippen molar-refractivity contribution in [2.45, 2.75) is 18.4 Å². The van der Waals surface area contributed by atoms with Crippen LogP contribution in [0.25, 0.3) is 0 Å². The Morgan fingerprint density at radius 2 is 2.06 bits per heavy atom. The highest BCUT2D eigenvalue weighted by Crippen LogP contribution is 2.44. The molecule has 0 spiro atoms. The number of β-amino-alcohol motifs (C(OH)–C–C–N with tert-alkyl or cyclic N) is 1. The van der Waals surface area contributed by atoms with Crippen molar-refractivity contribution in [3.05, 3.63) is 29.3 Å². The monoisotopic (exact) mass is 266 g/mol. The van der Waals surface area contributed by atoms with Crippen LogP contribution in [0, 0.1) is 5.92 Å². The first-order chi connectivity index (χ1) is 8.58. The van der Waals surface area contributed by atoms with Gasteiger partial charge in [-0.25, -0.2) is 4.79 Å². The van der Waals surface area contributed by atoms with Gasteiger partial charge in [-0.3, -0.25) is 0 Å². The Bertz CT molecular complexity index is 482. The molecule has 5 heteroatoms. The number of nitrogens with one attached hydrogen (secondary N) is 1. The van der Waals surface area contributed by atoms with E-state index in [-0.39, 0.29) is 6.03 Å². The van der Waals surface area contributed by atoms with Crippen LogP contribution >= 0.6 is 11.6 Å². The molecule has 1 heterocycles. The molecule has 4 nitrogen and oxygen atoms in total. The maximum Gasteiger partial charge on any atom is 0.322 e. The van der Waals surface area contributed by atoms with E-state index < -0.39 is 5.60 Å². The Hall–Kier alpha value is -1.26. The number of likely N-dealkylation sites (tertiary alicyclic amines) is 1. The molecule has 0 radical (unpaired) electrons. The van der Waals surface area contributed by atoms with Crippen molar-refractivity contribution >= 4 is 23.3 Å². The van der Waals surface area contributed by atoms with E-state index >= 15 is 0 Å². The number of anilines is 1. The highest BCUT2D eigenvalue weighted by molar-refractivity contribution is 6.33. The average molecular weight is 267 g/mol. The summed E-state index contributed by atoms with van der Waals surface area (Å²) in [5.74, 6) is 0.391. The van der Waals surface area contributed by atoms with Crippen LogP contribution in [0.2, 0.25) is 5.02 Å². The van der Waals surface area contributed by atoms with E-state index in [1.165, 1.54) is 0 Å². The van der Waals surface area contributed by atoms with Gasteiger partial charge in [-0.1, -0.05) is 23.7 Å². The SMILES string of the molecule is O=C(Nc1ccccc1Cl)N1CC(O)(C2CC2)C1. The molecule has 1 saturated carbocycles. The molecule has 96 valence electrons. The van der Waals surface area contributed by atoms with E-state index in [0.717, 1.165) is 12.8 Å². The molecule has 1 aromatic rings. The van der Waals surface area contributed by atoms with Gasteiger partial charge in [0.25, 0.3) is 0 Å². The summed E-state index contributed by atoms with van der Waals surface area (Å²) in [6.07, 6.45) is 2.16. The molecule has 0 unspecified atom stereocenters. The molecular weight excluding hydrogens is 252 g/mol. The summed E-state index contributed by atoms with van der Waals surface area (Å²) in [4.78, 5) is 13.5. The van der Waals surface area contributed by atoms with Gasteiger partial charge < -0.3 is 15.3 Å². The van der Waals surface area contributed by atoms with E-state index in [0.29, 0.717) is 29.7 Å². The van der Waals surface area contributed by atoms with Gasteiger partial charge >= 0.3 is 6.03 Å². The summed E-state index contributed by atoms with van der Waals surface area (Å²) in [7, 11) is 0. The summed E-state index contributed by atoms with van der Waals surface area (Å²) < 4.78 is 0. The van der Waals surface area contributed by atoms with Crippen molar-refractivity contribution in [3.63, 3.8) is 0 Å². The number of carbonyl (C=O) groups is 1. The second-order valence-corrected chi connectivity index (χ2v) is 5.55. The molecular formula is C13H15ClN2O2. The van der Waals surface area contributed by atoms with Crippen LogP contribution in [0.4, 0.5) is 10.5 Å². The van der Waals surface area contributed by atoms with E-state index in [1.54, 1.807) is 17.0 Å². The van der Waals surface area contributed by atoms with Gasteiger partial charge in [0.15, 0.2) is 0 Å². The number of carbonyl (C=O) groups excluding carboxylic acids is 1. The summed E-state index contributed by atoms with van der Waals surface area (Å²) in [5.41, 5.74) is -0.0382. The molecule has 0 atom stereocenters. The lowest BCUT2D eigenvalue weighted by Gasteiger charge is -2.46. The molecule has 1 saturated heterocycles. The number of aliphatic hydroxyl groups is 1. The Morgan fingerprint density at radius 3 is 2.67 bits per heavy atom. The van der Waals surface area contributed by atoms with Crippen LogP contribution < -0.4 is 5.32 Å². The molecule has 0 aromatic heterocycles. The van der Waals surface area contributed by atoms with Crippen LogP contribution in [0.1, 0.15) is 12.8 Å². The largest absolute Gasteiger partial charge is 0.386 e. The van der Waals surface area contributed by atoms with Crippen LogP contribution in [0.15, 0.2) is 24.3 Å². The summed E-state index contributed by atoms with van der Waals surface area (Å²) in [5, 5.41) is 13.4. The topological polar surface area (TPSA) is 52.6 Å². The lowest BCUT2D eigenvalue weighted by Crippen LogP contribution is -2.65. The number of hydrogen-bond donors (Lipinski definition) is 2. The first kappa shape index (κ1) is 11.8.